The first kappa shape index (κ1) is 36.9. The topological polar surface area (TPSA) is 132 Å². The van der Waals surface area contributed by atoms with Crippen LogP contribution in [0.25, 0.3) is 0 Å². The Kier molecular flexibility index (Phi) is 15.0. The van der Waals surface area contributed by atoms with Crippen LogP contribution in [0, 0.1) is 0 Å². The summed E-state index contributed by atoms with van der Waals surface area (Å²) in [5.74, 6) is -0.863. The molecule has 0 bridgehead atoms. The van der Waals surface area contributed by atoms with Crippen molar-refractivity contribution in [1.82, 2.24) is 20.2 Å². The molecule has 47 heavy (non-hydrogen) atoms. The van der Waals surface area contributed by atoms with E-state index in [1.165, 1.54) is 53.8 Å². The van der Waals surface area contributed by atoms with E-state index in [0.29, 0.717) is 19.8 Å². The van der Waals surface area contributed by atoms with Gasteiger partial charge in [0.2, 0.25) is 5.91 Å². The lowest BCUT2D eigenvalue weighted by molar-refractivity contribution is -0.142. The third-order valence-electron chi connectivity index (χ3n) is 9.14. The van der Waals surface area contributed by atoms with Crippen molar-refractivity contribution < 1.29 is 33.6 Å². The van der Waals surface area contributed by atoms with Crippen LogP contribution in [0.1, 0.15) is 110 Å². The van der Waals surface area contributed by atoms with E-state index in [2.05, 4.69) is 17.4 Å². The number of pyridine rings is 2. The quantitative estimate of drug-likeness (QED) is 0.277. The van der Waals surface area contributed by atoms with E-state index in [1.54, 1.807) is 14.2 Å². The van der Waals surface area contributed by atoms with Gasteiger partial charge in [-0.1, -0.05) is 12.1 Å². The number of hydrogen-bond donors (Lipinski definition) is 2. The molecule has 2 aromatic rings. The van der Waals surface area contributed by atoms with E-state index in [4.69, 9.17) is 34.0 Å². The highest BCUT2D eigenvalue weighted by molar-refractivity contribution is 5.77. The fourth-order valence-electron chi connectivity index (χ4n) is 6.38. The summed E-state index contributed by atoms with van der Waals surface area (Å²) >= 11 is 0. The van der Waals surface area contributed by atoms with Gasteiger partial charge in [-0.05, 0) is 107 Å². The number of aliphatic carboxylic acids is 1. The molecule has 1 aliphatic heterocycles. The zero-order chi connectivity index (χ0) is 33.6. The number of carboxylic acids is 1. The molecule has 11 nitrogen and oxygen atoms in total. The van der Waals surface area contributed by atoms with Crippen molar-refractivity contribution in [2.75, 3.05) is 53.7 Å². The number of ether oxygens (including phenoxy) is 4. The maximum Gasteiger partial charge on any atom is 0.329 e. The Labute approximate surface area is 279 Å². The highest BCUT2D eigenvalue weighted by atomic mass is 16.5. The first-order valence-corrected chi connectivity index (χ1v) is 17.2. The molecule has 2 N–H and O–H groups in total. The van der Waals surface area contributed by atoms with Gasteiger partial charge in [0.1, 0.15) is 13.2 Å². The molecule has 2 unspecified atom stereocenters. The minimum absolute atomic E-state index is 0.0204. The number of nitrogens with one attached hydrogen (secondary N) is 1. The number of rotatable bonds is 14. The molecule has 3 aliphatic rings. The molecule has 11 heteroatoms. The Morgan fingerprint density at radius 2 is 1.53 bits per heavy atom. The number of carbonyl (C=O) groups is 2. The number of amides is 1. The normalized spacial score (nSPS) is 17.5. The maximum absolute atomic E-state index is 12.2. The predicted octanol–water partition coefficient (Wildman–Crippen LogP) is 4.67. The second kappa shape index (κ2) is 19.1. The summed E-state index contributed by atoms with van der Waals surface area (Å²) in [5.41, 5.74) is 9.47. The minimum atomic E-state index is -0.929. The van der Waals surface area contributed by atoms with Crippen molar-refractivity contribution in [3.05, 3.63) is 57.2 Å². The van der Waals surface area contributed by atoms with E-state index in [1.807, 2.05) is 18.7 Å². The highest BCUT2D eigenvalue weighted by Crippen LogP contribution is 2.28. The lowest BCUT2D eigenvalue weighted by Crippen LogP contribution is -2.33. The molecular weight excluding hydrogens is 600 g/mol. The van der Waals surface area contributed by atoms with E-state index in [9.17, 15) is 9.59 Å². The van der Waals surface area contributed by atoms with Crippen LogP contribution in [0.15, 0.2) is 12.1 Å². The first-order valence-electron chi connectivity index (χ1n) is 17.2. The highest BCUT2D eigenvalue weighted by Gasteiger charge is 2.23. The standard InChI is InChI=1S/C18H28N2O4.C18H26N2O3/c1-13(23-2)18-15(10-14-6-3-4-7-16(14)20-18)11-19-8-5-9-24-12-17(21)22;1-13(22-2)18-15(10-14-6-3-4-7-16(14)19-18)11-20-8-5-9-23-12-17(20)21/h10,13,19H,3-9,11-12H2,1-2H3,(H,21,22);10,13H,3-9,11-12H2,1-2H3. The second-order valence-electron chi connectivity index (χ2n) is 12.6. The smallest absolute Gasteiger partial charge is 0.329 e. The van der Waals surface area contributed by atoms with Gasteiger partial charge in [-0.15, -0.1) is 0 Å². The first-order chi connectivity index (χ1) is 22.8. The van der Waals surface area contributed by atoms with Gasteiger partial charge in [0, 0.05) is 58.5 Å². The molecule has 0 radical (unpaired) electrons. The second-order valence-corrected chi connectivity index (χ2v) is 12.6. The maximum atomic E-state index is 12.2. The lowest BCUT2D eigenvalue weighted by Gasteiger charge is -2.25. The number of nitrogens with zero attached hydrogens (tertiary/aromatic N) is 3. The van der Waals surface area contributed by atoms with Gasteiger partial charge >= 0.3 is 5.97 Å². The zero-order valence-corrected chi connectivity index (χ0v) is 28.8. The van der Waals surface area contributed by atoms with Crippen LogP contribution >= 0.6 is 0 Å². The number of methoxy groups -OCH3 is 2. The van der Waals surface area contributed by atoms with Crippen LogP contribution in [0.2, 0.25) is 0 Å². The van der Waals surface area contributed by atoms with Crippen molar-refractivity contribution in [3.63, 3.8) is 0 Å². The van der Waals surface area contributed by atoms with Crippen LogP contribution < -0.4 is 5.32 Å². The lowest BCUT2D eigenvalue weighted by atomic mass is 9.93. The average Bonchev–Trinajstić information content (AvgIpc) is 3.29. The molecule has 1 saturated heterocycles. The van der Waals surface area contributed by atoms with E-state index >= 15 is 0 Å². The molecule has 3 heterocycles. The molecular formula is C36H54N4O7. The fraction of sp³-hybridized carbons (Fsp3) is 0.667. The van der Waals surface area contributed by atoms with Gasteiger partial charge in [-0.2, -0.15) is 0 Å². The molecule has 2 aromatic heterocycles. The number of fused-ring (bicyclic) bond motifs is 2. The van der Waals surface area contributed by atoms with E-state index in [0.717, 1.165) is 75.1 Å². The van der Waals surface area contributed by atoms with E-state index < -0.39 is 5.97 Å². The Morgan fingerprint density at radius 1 is 0.936 bits per heavy atom. The molecule has 2 aliphatic carbocycles. The summed E-state index contributed by atoms with van der Waals surface area (Å²) in [4.78, 5) is 34.2. The Morgan fingerprint density at radius 3 is 2.15 bits per heavy atom. The monoisotopic (exact) mass is 654 g/mol. The van der Waals surface area contributed by atoms with Gasteiger partial charge in [-0.3, -0.25) is 14.8 Å². The van der Waals surface area contributed by atoms with Gasteiger partial charge in [0.15, 0.2) is 0 Å². The van der Waals surface area contributed by atoms with Gasteiger partial charge < -0.3 is 34.3 Å². The van der Waals surface area contributed by atoms with Gasteiger partial charge in [0.05, 0.1) is 23.6 Å². The molecule has 5 rings (SSSR count). The zero-order valence-electron chi connectivity index (χ0n) is 28.8. The molecule has 260 valence electrons. The van der Waals surface area contributed by atoms with Crippen LogP contribution in [0.4, 0.5) is 0 Å². The molecule has 1 amide bonds. The Hall–Kier alpha value is -2.96. The summed E-state index contributed by atoms with van der Waals surface area (Å²) in [7, 11) is 3.42. The van der Waals surface area contributed by atoms with Crippen molar-refractivity contribution in [2.45, 2.75) is 103 Å². The predicted molar refractivity (Wildman–Crippen MR) is 178 cm³/mol. The van der Waals surface area contributed by atoms with Crippen LogP contribution in [0.3, 0.4) is 0 Å². The number of carbonyl (C=O) groups excluding carboxylic acids is 1. The SMILES string of the molecule is COC(C)c1nc2c(cc1CN1CCCOCC1=O)CCCC2.COC(C)c1nc2c(cc1CNCCCOCC(=O)O)CCCC2. The largest absolute Gasteiger partial charge is 0.480 e. The van der Waals surface area contributed by atoms with Crippen molar-refractivity contribution in [1.29, 1.82) is 0 Å². The van der Waals surface area contributed by atoms with Crippen LogP contribution in [-0.4, -0.2) is 85.6 Å². The van der Waals surface area contributed by atoms with Gasteiger partial charge in [-0.25, -0.2) is 4.79 Å². The third-order valence-corrected chi connectivity index (χ3v) is 9.14. The average molecular weight is 655 g/mol. The van der Waals surface area contributed by atoms with Crippen LogP contribution in [0.5, 0.6) is 0 Å². The Balaban J connectivity index is 0.000000213. The summed E-state index contributed by atoms with van der Waals surface area (Å²) in [5, 5.41) is 11.9. The molecule has 0 saturated carbocycles. The third kappa shape index (κ3) is 11.0. The summed E-state index contributed by atoms with van der Waals surface area (Å²) in [6, 6.07) is 4.53. The van der Waals surface area contributed by atoms with Crippen molar-refractivity contribution in [3.8, 4) is 0 Å². The minimum Gasteiger partial charge on any atom is -0.480 e. The van der Waals surface area contributed by atoms with E-state index in [-0.39, 0.29) is 31.3 Å². The van der Waals surface area contributed by atoms with Gasteiger partial charge in [0.25, 0.3) is 0 Å². The summed E-state index contributed by atoms with van der Waals surface area (Å²) in [6.45, 7) is 7.98. The van der Waals surface area contributed by atoms with Crippen LogP contribution in [-0.2, 0) is 67.3 Å². The summed E-state index contributed by atoms with van der Waals surface area (Å²) in [6.07, 6.45) is 10.8. The molecule has 2 atom stereocenters. The number of hydrogen-bond acceptors (Lipinski definition) is 9. The molecule has 0 spiro atoms. The number of aromatic nitrogens is 2. The molecule has 1 fully saturated rings. The van der Waals surface area contributed by atoms with Crippen molar-refractivity contribution in [2.24, 2.45) is 0 Å². The number of carboxylic acid groups (broad SMARTS) is 1. The Bertz CT molecular complexity index is 1320. The summed E-state index contributed by atoms with van der Waals surface area (Å²) < 4.78 is 21.4. The fourth-order valence-corrected chi connectivity index (χ4v) is 6.38. The van der Waals surface area contributed by atoms with Crippen molar-refractivity contribution >= 4 is 11.9 Å². The molecule has 0 aromatic carbocycles. The number of aryl methyl sites for hydroxylation is 4.